The third-order valence-corrected chi connectivity index (χ3v) is 5.60. The summed E-state index contributed by atoms with van der Waals surface area (Å²) in [4.78, 5) is 26.8. The van der Waals surface area contributed by atoms with Gasteiger partial charge in [0.2, 0.25) is 0 Å². The zero-order valence-electron chi connectivity index (χ0n) is 17.5. The van der Waals surface area contributed by atoms with Crippen molar-refractivity contribution in [2.75, 3.05) is 19.7 Å². The highest BCUT2D eigenvalue weighted by Gasteiger charge is 2.49. The van der Waals surface area contributed by atoms with E-state index in [2.05, 4.69) is 5.10 Å². The summed E-state index contributed by atoms with van der Waals surface area (Å²) in [6.07, 6.45) is 2.15. The van der Waals surface area contributed by atoms with Crippen molar-refractivity contribution in [3.63, 3.8) is 0 Å². The van der Waals surface area contributed by atoms with Gasteiger partial charge in [0.15, 0.2) is 11.4 Å². The Morgan fingerprint density at radius 3 is 2.45 bits per heavy atom. The maximum absolute atomic E-state index is 13.3. The molecule has 29 heavy (non-hydrogen) atoms. The maximum Gasteiger partial charge on any atom is 0.311 e. The van der Waals surface area contributed by atoms with Crippen LogP contribution in [-0.4, -0.2) is 51.4 Å². The van der Waals surface area contributed by atoms with E-state index >= 15 is 0 Å². The summed E-state index contributed by atoms with van der Waals surface area (Å²) in [6, 6.07) is 9.51. The number of aliphatic carboxylic acids is 1. The third kappa shape index (κ3) is 4.13. The minimum absolute atomic E-state index is 0.0728. The molecular weight excluding hydrogens is 370 g/mol. The number of carbonyl (C=O) groups excluding carboxylic acids is 1. The largest absolute Gasteiger partial charge is 0.489 e. The Kier molecular flexibility index (Phi) is 5.96. The summed E-state index contributed by atoms with van der Waals surface area (Å²) in [6.45, 7) is 8.89. The highest BCUT2D eigenvalue weighted by molar-refractivity contribution is 5.95. The average Bonchev–Trinajstić information content (AvgIpc) is 3.32. The van der Waals surface area contributed by atoms with Crippen LogP contribution in [-0.2, 0) is 4.79 Å². The van der Waals surface area contributed by atoms with Gasteiger partial charge in [-0.3, -0.25) is 9.59 Å². The molecule has 0 aliphatic carbocycles. The predicted molar refractivity (Wildman–Crippen MR) is 109 cm³/mol. The molecule has 1 atom stereocenters. The number of amides is 1. The fourth-order valence-electron chi connectivity index (χ4n) is 3.63. The predicted octanol–water partition coefficient (Wildman–Crippen LogP) is 3.48. The minimum atomic E-state index is -0.920. The van der Waals surface area contributed by atoms with E-state index in [-0.39, 0.29) is 24.1 Å². The van der Waals surface area contributed by atoms with Gasteiger partial charge >= 0.3 is 5.97 Å². The van der Waals surface area contributed by atoms with E-state index in [4.69, 9.17) is 4.74 Å². The van der Waals surface area contributed by atoms with Crippen LogP contribution in [0.1, 0.15) is 44.6 Å². The lowest BCUT2D eigenvalue weighted by atomic mass is 9.76. The number of hydrogen-bond donors (Lipinski definition) is 1. The van der Waals surface area contributed by atoms with Crippen molar-refractivity contribution in [1.29, 1.82) is 0 Å². The van der Waals surface area contributed by atoms with Crippen LogP contribution < -0.4 is 4.74 Å². The Morgan fingerprint density at radius 2 is 1.90 bits per heavy atom. The number of para-hydroxylation sites is 1. The van der Waals surface area contributed by atoms with Crippen LogP contribution in [0, 0.1) is 17.3 Å². The first-order valence-corrected chi connectivity index (χ1v) is 10.0. The Balaban J connectivity index is 1.91. The second-order valence-electron chi connectivity index (χ2n) is 8.42. The molecule has 1 amide bonds. The van der Waals surface area contributed by atoms with E-state index in [0.717, 1.165) is 5.69 Å². The highest BCUT2D eigenvalue weighted by atomic mass is 16.5. The number of carboxylic acids is 1. The maximum atomic E-state index is 13.3. The number of hydrogen-bond acceptors (Lipinski definition) is 4. The fraction of sp³-hybridized carbons (Fsp3) is 0.500. The highest BCUT2D eigenvalue weighted by Crippen LogP contribution is 2.39. The number of ether oxygens (including phenoxy) is 1. The molecule has 1 aliphatic heterocycles. The van der Waals surface area contributed by atoms with Crippen LogP contribution in [0.15, 0.2) is 36.5 Å². The molecule has 1 aromatic heterocycles. The summed E-state index contributed by atoms with van der Waals surface area (Å²) in [5, 5.41) is 14.3. The van der Waals surface area contributed by atoms with Gasteiger partial charge in [-0.25, -0.2) is 4.68 Å². The second kappa shape index (κ2) is 8.27. The number of carboxylic acid groups (broad SMARTS) is 1. The molecule has 7 nitrogen and oxygen atoms in total. The van der Waals surface area contributed by atoms with Crippen molar-refractivity contribution in [1.82, 2.24) is 14.7 Å². The third-order valence-electron chi connectivity index (χ3n) is 5.60. The molecule has 1 fully saturated rings. The van der Waals surface area contributed by atoms with E-state index in [9.17, 15) is 14.7 Å². The number of likely N-dealkylation sites (tertiary alicyclic amines) is 1. The molecule has 0 saturated carbocycles. The van der Waals surface area contributed by atoms with E-state index in [0.29, 0.717) is 31.2 Å². The lowest BCUT2D eigenvalue weighted by Crippen LogP contribution is -2.40. The Hall–Kier alpha value is -2.83. The lowest BCUT2D eigenvalue weighted by molar-refractivity contribution is -0.150. The Labute approximate surface area is 171 Å². The van der Waals surface area contributed by atoms with Crippen molar-refractivity contribution in [2.45, 2.75) is 34.1 Å². The monoisotopic (exact) mass is 399 g/mol. The van der Waals surface area contributed by atoms with Crippen LogP contribution in [0.5, 0.6) is 5.75 Å². The van der Waals surface area contributed by atoms with E-state index < -0.39 is 11.4 Å². The zero-order chi connectivity index (χ0) is 21.2. The first kappa shape index (κ1) is 20.9. The van der Waals surface area contributed by atoms with Gasteiger partial charge in [-0.1, -0.05) is 45.9 Å². The topological polar surface area (TPSA) is 84.7 Å². The minimum Gasteiger partial charge on any atom is -0.489 e. The van der Waals surface area contributed by atoms with Gasteiger partial charge in [-0.2, -0.15) is 5.10 Å². The molecule has 2 heterocycles. The molecule has 1 unspecified atom stereocenters. The molecule has 0 bridgehead atoms. The molecule has 1 aromatic carbocycles. The molecule has 1 N–H and O–H groups in total. The molecular formula is C22H29N3O4. The molecule has 0 radical (unpaired) electrons. The van der Waals surface area contributed by atoms with Crippen LogP contribution in [0.4, 0.5) is 0 Å². The van der Waals surface area contributed by atoms with Crippen LogP contribution in [0.3, 0.4) is 0 Å². The van der Waals surface area contributed by atoms with Gasteiger partial charge in [0.1, 0.15) is 0 Å². The molecule has 7 heteroatoms. The summed E-state index contributed by atoms with van der Waals surface area (Å²) < 4.78 is 7.51. The summed E-state index contributed by atoms with van der Waals surface area (Å²) in [5.74, 6) is -0.497. The fourth-order valence-corrected chi connectivity index (χ4v) is 3.63. The first-order valence-electron chi connectivity index (χ1n) is 10.0. The summed E-state index contributed by atoms with van der Waals surface area (Å²) >= 11 is 0. The molecule has 1 saturated heterocycles. The van der Waals surface area contributed by atoms with Crippen molar-refractivity contribution < 1.29 is 19.4 Å². The van der Waals surface area contributed by atoms with E-state index in [1.54, 1.807) is 15.8 Å². The molecule has 3 rings (SSSR count). The van der Waals surface area contributed by atoms with E-state index in [1.807, 2.05) is 58.0 Å². The molecule has 156 valence electrons. The van der Waals surface area contributed by atoms with Crippen LogP contribution in [0.25, 0.3) is 5.69 Å². The number of rotatable bonds is 7. The second-order valence-corrected chi connectivity index (χ2v) is 8.42. The Bertz CT molecular complexity index is 875. The van der Waals surface area contributed by atoms with Crippen molar-refractivity contribution >= 4 is 11.9 Å². The van der Waals surface area contributed by atoms with Crippen LogP contribution >= 0.6 is 0 Å². The van der Waals surface area contributed by atoms with Crippen molar-refractivity contribution in [3.05, 3.63) is 42.2 Å². The van der Waals surface area contributed by atoms with Gasteiger partial charge in [0.25, 0.3) is 5.91 Å². The molecule has 2 aromatic rings. The van der Waals surface area contributed by atoms with Gasteiger partial charge < -0.3 is 14.7 Å². The number of nitrogens with zero attached hydrogens (tertiary/aromatic N) is 3. The average molecular weight is 399 g/mol. The molecule has 0 spiro atoms. The van der Waals surface area contributed by atoms with E-state index in [1.165, 1.54) is 0 Å². The standard InChI is InChI=1S/C22H29N3O4/c1-15(2)13-29-18-12-25(17-8-6-5-7-9-17)23-19(18)20(26)24-11-10-22(14-24,16(3)4)21(27)28/h5-9,12,15-16H,10-11,13-14H2,1-4H3,(H,27,28). The quantitative estimate of drug-likeness (QED) is 0.770. The van der Waals surface area contributed by atoms with Crippen molar-refractivity contribution in [2.24, 2.45) is 17.3 Å². The lowest BCUT2D eigenvalue weighted by Gasteiger charge is -2.28. The van der Waals surface area contributed by atoms with Gasteiger partial charge in [-0.05, 0) is 30.4 Å². The molecule has 1 aliphatic rings. The summed E-state index contributed by atoms with van der Waals surface area (Å²) in [5.41, 5.74) is 0.125. The van der Waals surface area contributed by atoms with Gasteiger partial charge in [0.05, 0.1) is 23.9 Å². The smallest absolute Gasteiger partial charge is 0.311 e. The summed E-state index contributed by atoms with van der Waals surface area (Å²) in [7, 11) is 0. The van der Waals surface area contributed by atoms with Gasteiger partial charge in [0, 0.05) is 13.1 Å². The Morgan fingerprint density at radius 1 is 1.21 bits per heavy atom. The number of aromatic nitrogens is 2. The zero-order valence-corrected chi connectivity index (χ0v) is 17.5. The van der Waals surface area contributed by atoms with Crippen LogP contribution in [0.2, 0.25) is 0 Å². The SMILES string of the molecule is CC(C)COc1cn(-c2ccccc2)nc1C(=O)N1CCC(C(=O)O)(C(C)C)C1. The number of benzene rings is 1. The van der Waals surface area contributed by atoms with Crippen molar-refractivity contribution in [3.8, 4) is 11.4 Å². The van der Waals surface area contributed by atoms with Gasteiger partial charge in [-0.15, -0.1) is 0 Å². The first-order chi connectivity index (χ1) is 13.7. The number of carbonyl (C=O) groups is 2. The normalized spacial score (nSPS) is 19.2.